The summed E-state index contributed by atoms with van der Waals surface area (Å²) in [5.41, 5.74) is 0. The molecule has 1 saturated heterocycles. The van der Waals surface area contributed by atoms with Gasteiger partial charge in [0.05, 0.1) is 0 Å². The zero-order chi connectivity index (χ0) is 10.0. The van der Waals surface area contributed by atoms with Crippen LogP contribution in [0.2, 0.25) is 0 Å². The van der Waals surface area contributed by atoms with Gasteiger partial charge in [0.2, 0.25) is 5.91 Å². The number of hydrogen-bond acceptors (Lipinski definition) is 2. The largest absolute Gasteiger partial charge is 0.334 e. The van der Waals surface area contributed by atoms with E-state index in [1.165, 1.54) is 6.08 Å². The Kier molecular flexibility index (Phi) is 3.09. The number of carbonyl (C=O) groups is 1. The maximum Gasteiger partial charge on any atom is 0.246 e. The van der Waals surface area contributed by atoms with Crippen LogP contribution in [-0.2, 0) is 4.79 Å². The van der Waals surface area contributed by atoms with Crippen LogP contribution < -0.4 is 0 Å². The summed E-state index contributed by atoms with van der Waals surface area (Å²) >= 11 is 0. The van der Waals surface area contributed by atoms with Crippen LogP contribution in [0, 0.1) is 5.92 Å². The molecule has 1 aliphatic heterocycles. The maximum absolute atomic E-state index is 11.3. The van der Waals surface area contributed by atoms with Gasteiger partial charge < -0.3 is 9.80 Å². The van der Waals surface area contributed by atoms with Gasteiger partial charge >= 0.3 is 0 Å². The summed E-state index contributed by atoms with van der Waals surface area (Å²) in [5, 5.41) is 0. The van der Waals surface area contributed by atoms with E-state index >= 15 is 0 Å². The average Bonchev–Trinajstić information content (AvgIpc) is 2.09. The lowest BCUT2D eigenvalue weighted by Crippen LogP contribution is -2.60. The lowest BCUT2D eigenvalue weighted by atomic mass is 9.90. The Bertz CT molecular complexity index is 213. The van der Waals surface area contributed by atoms with Crippen LogP contribution >= 0.6 is 0 Å². The fourth-order valence-electron chi connectivity index (χ4n) is 1.76. The molecule has 0 saturated carbocycles. The van der Waals surface area contributed by atoms with Crippen molar-refractivity contribution in [3.8, 4) is 0 Å². The Morgan fingerprint density at radius 1 is 1.69 bits per heavy atom. The molecule has 0 aromatic heterocycles. The fraction of sp³-hybridized carbons (Fsp3) is 0.700. The number of hydrogen-bond donors (Lipinski definition) is 0. The summed E-state index contributed by atoms with van der Waals surface area (Å²) in [6.45, 7) is 7.50. The summed E-state index contributed by atoms with van der Waals surface area (Å²) in [7, 11) is 4.06. The number of amides is 1. The molecule has 0 aromatic carbocycles. The average molecular weight is 182 g/mol. The molecular formula is C10H18N2O. The van der Waals surface area contributed by atoms with Crippen molar-refractivity contribution < 1.29 is 4.79 Å². The number of likely N-dealkylation sites (N-methyl/N-ethyl adjacent to an activating group) is 1. The van der Waals surface area contributed by atoms with Gasteiger partial charge in [-0.1, -0.05) is 13.5 Å². The topological polar surface area (TPSA) is 23.6 Å². The fourth-order valence-corrected chi connectivity index (χ4v) is 1.76. The smallest absolute Gasteiger partial charge is 0.246 e. The molecule has 3 heteroatoms. The number of carbonyl (C=O) groups excluding carboxylic acids is 1. The Hall–Kier alpha value is -0.830. The lowest BCUT2D eigenvalue weighted by Gasteiger charge is -2.47. The third-order valence-electron chi connectivity index (χ3n) is 2.55. The molecule has 0 spiro atoms. The van der Waals surface area contributed by atoms with Crippen molar-refractivity contribution in [2.75, 3.05) is 27.2 Å². The van der Waals surface area contributed by atoms with Crippen LogP contribution in [-0.4, -0.2) is 48.9 Å². The van der Waals surface area contributed by atoms with Gasteiger partial charge in [-0.3, -0.25) is 4.79 Å². The van der Waals surface area contributed by atoms with Gasteiger partial charge in [-0.05, 0) is 26.1 Å². The summed E-state index contributed by atoms with van der Waals surface area (Å²) in [6, 6.07) is 0.375. The van der Waals surface area contributed by atoms with Gasteiger partial charge in [0, 0.05) is 19.1 Å². The third kappa shape index (κ3) is 2.10. The van der Waals surface area contributed by atoms with Gasteiger partial charge in [-0.25, -0.2) is 0 Å². The van der Waals surface area contributed by atoms with Crippen LogP contribution in [0.15, 0.2) is 12.7 Å². The molecule has 0 aliphatic carbocycles. The Morgan fingerprint density at radius 2 is 2.31 bits per heavy atom. The van der Waals surface area contributed by atoms with E-state index in [9.17, 15) is 4.79 Å². The quantitative estimate of drug-likeness (QED) is 0.596. The highest BCUT2D eigenvalue weighted by Gasteiger charge is 2.37. The van der Waals surface area contributed by atoms with E-state index in [-0.39, 0.29) is 5.91 Å². The molecule has 1 rings (SSSR count). The van der Waals surface area contributed by atoms with Crippen molar-refractivity contribution in [3.05, 3.63) is 12.7 Å². The standard InChI is InChI=1S/C10H18N2O/c1-5-10(13)12-6-8(2)9(12)7-11(3)4/h5,8-9H,1,6-7H2,2-4H3/t8-,9+/m1/s1. The first-order valence-electron chi connectivity index (χ1n) is 4.64. The number of rotatable bonds is 3. The minimum atomic E-state index is 0.0601. The lowest BCUT2D eigenvalue weighted by molar-refractivity contribution is -0.138. The SMILES string of the molecule is C=CC(=O)N1C[C@@H](C)[C@@H]1CN(C)C. The van der Waals surface area contributed by atoms with Crippen molar-refractivity contribution >= 4 is 5.91 Å². The first-order valence-corrected chi connectivity index (χ1v) is 4.64. The van der Waals surface area contributed by atoms with Crippen LogP contribution in [0.4, 0.5) is 0 Å². The van der Waals surface area contributed by atoms with Crippen molar-refractivity contribution in [2.24, 2.45) is 5.92 Å². The van der Waals surface area contributed by atoms with Crippen molar-refractivity contribution in [1.29, 1.82) is 0 Å². The molecule has 74 valence electrons. The highest BCUT2D eigenvalue weighted by molar-refractivity contribution is 5.88. The zero-order valence-corrected chi connectivity index (χ0v) is 8.66. The highest BCUT2D eigenvalue weighted by Crippen LogP contribution is 2.24. The molecule has 1 fully saturated rings. The third-order valence-corrected chi connectivity index (χ3v) is 2.55. The second-order valence-electron chi connectivity index (χ2n) is 4.00. The van der Waals surface area contributed by atoms with E-state index < -0.39 is 0 Å². The van der Waals surface area contributed by atoms with Crippen LogP contribution in [0.3, 0.4) is 0 Å². The van der Waals surface area contributed by atoms with E-state index in [0.29, 0.717) is 12.0 Å². The second kappa shape index (κ2) is 3.92. The minimum Gasteiger partial charge on any atom is -0.334 e. The predicted octanol–water partition coefficient (Wildman–Crippen LogP) is 0.581. The molecule has 1 heterocycles. The molecule has 2 atom stereocenters. The summed E-state index contributed by atoms with van der Waals surface area (Å²) < 4.78 is 0. The van der Waals surface area contributed by atoms with E-state index in [4.69, 9.17) is 0 Å². The second-order valence-corrected chi connectivity index (χ2v) is 4.00. The maximum atomic E-state index is 11.3. The Morgan fingerprint density at radius 3 is 2.69 bits per heavy atom. The predicted molar refractivity (Wildman–Crippen MR) is 53.4 cm³/mol. The van der Waals surface area contributed by atoms with E-state index in [1.807, 2.05) is 19.0 Å². The van der Waals surface area contributed by atoms with E-state index in [2.05, 4.69) is 18.4 Å². The molecule has 1 aliphatic rings. The van der Waals surface area contributed by atoms with Gasteiger partial charge in [0.1, 0.15) is 0 Å². The first-order chi connectivity index (χ1) is 6.06. The molecule has 0 radical (unpaired) electrons. The number of likely N-dealkylation sites (tertiary alicyclic amines) is 1. The monoisotopic (exact) mass is 182 g/mol. The van der Waals surface area contributed by atoms with Crippen molar-refractivity contribution in [3.63, 3.8) is 0 Å². The number of nitrogens with zero attached hydrogens (tertiary/aromatic N) is 2. The summed E-state index contributed by atoms with van der Waals surface area (Å²) in [4.78, 5) is 15.3. The van der Waals surface area contributed by atoms with Crippen LogP contribution in [0.1, 0.15) is 6.92 Å². The molecule has 0 aromatic rings. The molecule has 1 amide bonds. The van der Waals surface area contributed by atoms with Gasteiger partial charge in [0.25, 0.3) is 0 Å². The molecule has 0 bridgehead atoms. The minimum absolute atomic E-state index is 0.0601. The van der Waals surface area contributed by atoms with Crippen molar-refractivity contribution in [1.82, 2.24) is 9.80 Å². The van der Waals surface area contributed by atoms with E-state index in [0.717, 1.165) is 13.1 Å². The summed E-state index contributed by atoms with van der Waals surface area (Å²) in [5.74, 6) is 0.677. The van der Waals surface area contributed by atoms with Crippen LogP contribution in [0.5, 0.6) is 0 Å². The van der Waals surface area contributed by atoms with E-state index in [1.54, 1.807) is 0 Å². The highest BCUT2D eigenvalue weighted by atomic mass is 16.2. The van der Waals surface area contributed by atoms with Crippen LogP contribution in [0.25, 0.3) is 0 Å². The zero-order valence-electron chi connectivity index (χ0n) is 8.66. The molecule has 0 N–H and O–H groups in total. The normalized spacial score (nSPS) is 27.2. The first kappa shape index (κ1) is 10.3. The Balaban J connectivity index is 2.50. The van der Waals surface area contributed by atoms with Gasteiger partial charge in [-0.15, -0.1) is 0 Å². The molecule has 13 heavy (non-hydrogen) atoms. The molecule has 0 unspecified atom stereocenters. The summed E-state index contributed by atoms with van der Waals surface area (Å²) in [6.07, 6.45) is 1.40. The Labute approximate surface area is 80.0 Å². The molecule has 3 nitrogen and oxygen atoms in total. The molecular weight excluding hydrogens is 164 g/mol. The van der Waals surface area contributed by atoms with Crippen molar-refractivity contribution in [2.45, 2.75) is 13.0 Å². The van der Waals surface area contributed by atoms with Gasteiger partial charge in [0.15, 0.2) is 0 Å². The van der Waals surface area contributed by atoms with Gasteiger partial charge in [-0.2, -0.15) is 0 Å².